The average molecular weight is 436 g/mol. The summed E-state index contributed by atoms with van der Waals surface area (Å²) in [6.45, 7) is -2.95. The summed E-state index contributed by atoms with van der Waals surface area (Å²) in [5.74, 6) is -3.23. The predicted molar refractivity (Wildman–Crippen MR) is 76.2 cm³/mol. The Kier molecular flexibility index (Phi) is 9.44. The summed E-state index contributed by atoms with van der Waals surface area (Å²) >= 11 is -0.0813. The number of carbonyl (C=O) groups is 2. The standard InChI is InChI=1S/C11H15F6O7PS/c1-4-23-7(18)5-6(26-25(20,21-2)22-3)8(19)24-9(10(12,13)14)11(15,16)17/h6,9H,4-5H2,1-3H3. The molecule has 0 amide bonds. The minimum absolute atomic E-state index is 0.0813. The maximum atomic E-state index is 12.5. The third-order valence-electron chi connectivity index (χ3n) is 2.45. The Bertz CT molecular complexity index is 516. The Morgan fingerprint density at radius 1 is 1.04 bits per heavy atom. The monoisotopic (exact) mass is 436 g/mol. The summed E-state index contributed by atoms with van der Waals surface area (Å²) in [5, 5.41) is -2.06. The minimum atomic E-state index is -5.95. The topological polar surface area (TPSA) is 88.1 Å². The number of esters is 2. The summed E-state index contributed by atoms with van der Waals surface area (Å²) in [6, 6.07) is 0. The van der Waals surface area contributed by atoms with Gasteiger partial charge in [0.1, 0.15) is 5.25 Å². The minimum Gasteiger partial charge on any atom is -0.466 e. The van der Waals surface area contributed by atoms with E-state index in [4.69, 9.17) is 0 Å². The van der Waals surface area contributed by atoms with Crippen LogP contribution in [-0.2, 0) is 32.7 Å². The van der Waals surface area contributed by atoms with Gasteiger partial charge in [0.05, 0.1) is 13.0 Å². The molecule has 0 N–H and O–H groups in total. The lowest BCUT2D eigenvalue weighted by molar-refractivity contribution is -0.313. The number of ether oxygens (including phenoxy) is 2. The fraction of sp³-hybridized carbons (Fsp3) is 0.818. The molecule has 0 saturated carbocycles. The first-order valence-corrected chi connectivity index (χ1v) is 9.62. The first kappa shape index (κ1) is 25.0. The van der Waals surface area contributed by atoms with Gasteiger partial charge in [-0.3, -0.25) is 9.59 Å². The Morgan fingerprint density at radius 3 is 1.85 bits per heavy atom. The van der Waals surface area contributed by atoms with Gasteiger partial charge < -0.3 is 18.5 Å². The van der Waals surface area contributed by atoms with Crippen molar-refractivity contribution in [1.29, 1.82) is 0 Å². The second-order valence-electron chi connectivity index (χ2n) is 4.32. The lowest BCUT2D eigenvalue weighted by Crippen LogP contribution is -2.47. The van der Waals surface area contributed by atoms with Gasteiger partial charge in [-0.05, 0) is 18.3 Å². The molecule has 0 aromatic heterocycles. The van der Waals surface area contributed by atoms with Crippen LogP contribution in [0.15, 0.2) is 0 Å². The summed E-state index contributed by atoms with van der Waals surface area (Å²) < 4.78 is 104. The van der Waals surface area contributed by atoms with Crippen LogP contribution in [0.4, 0.5) is 26.3 Å². The number of rotatable bonds is 9. The van der Waals surface area contributed by atoms with E-state index in [1.807, 2.05) is 0 Å². The normalized spacial score (nSPS) is 14.2. The fourth-order valence-corrected chi connectivity index (χ4v) is 4.28. The maximum Gasteiger partial charge on any atom is 0.434 e. The Morgan fingerprint density at radius 2 is 1.50 bits per heavy atom. The second-order valence-corrected chi connectivity index (χ2v) is 8.69. The quantitative estimate of drug-likeness (QED) is 0.309. The Balaban J connectivity index is 5.55. The van der Waals surface area contributed by atoms with Crippen molar-refractivity contribution in [1.82, 2.24) is 0 Å². The van der Waals surface area contributed by atoms with E-state index in [1.165, 1.54) is 6.92 Å². The van der Waals surface area contributed by atoms with Gasteiger partial charge in [0.2, 0.25) is 0 Å². The molecule has 26 heavy (non-hydrogen) atoms. The molecule has 15 heteroatoms. The second kappa shape index (κ2) is 9.81. The van der Waals surface area contributed by atoms with Crippen molar-refractivity contribution in [2.75, 3.05) is 20.8 Å². The number of halogens is 6. The van der Waals surface area contributed by atoms with Crippen molar-refractivity contribution in [3.63, 3.8) is 0 Å². The van der Waals surface area contributed by atoms with Gasteiger partial charge in [0, 0.05) is 14.2 Å². The zero-order chi connectivity index (χ0) is 20.8. The largest absolute Gasteiger partial charge is 0.466 e. The van der Waals surface area contributed by atoms with Gasteiger partial charge in [-0.15, -0.1) is 0 Å². The smallest absolute Gasteiger partial charge is 0.434 e. The number of hydrogen-bond donors (Lipinski definition) is 0. The van der Waals surface area contributed by atoms with Gasteiger partial charge in [-0.1, -0.05) is 0 Å². The van der Waals surface area contributed by atoms with Crippen LogP contribution in [-0.4, -0.2) is 56.5 Å². The molecule has 0 rings (SSSR count). The molecule has 0 radical (unpaired) electrons. The third-order valence-corrected chi connectivity index (χ3v) is 6.65. The van der Waals surface area contributed by atoms with Crippen molar-refractivity contribution in [2.24, 2.45) is 0 Å². The van der Waals surface area contributed by atoms with E-state index in [0.717, 1.165) is 14.2 Å². The molecule has 0 saturated heterocycles. The van der Waals surface area contributed by atoms with Crippen LogP contribution in [0.3, 0.4) is 0 Å². The van der Waals surface area contributed by atoms with Crippen LogP contribution in [0.2, 0.25) is 0 Å². The molecule has 0 aromatic carbocycles. The van der Waals surface area contributed by atoms with Gasteiger partial charge in [-0.2, -0.15) is 26.3 Å². The van der Waals surface area contributed by atoms with Gasteiger partial charge in [0.25, 0.3) is 6.10 Å². The molecule has 154 valence electrons. The lowest BCUT2D eigenvalue weighted by atomic mass is 10.3. The number of carbonyl (C=O) groups excluding carboxylic acids is 2. The molecule has 0 aliphatic heterocycles. The van der Waals surface area contributed by atoms with Crippen molar-refractivity contribution in [2.45, 2.75) is 37.1 Å². The lowest BCUT2D eigenvalue weighted by Gasteiger charge is -2.25. The Labute approximate surface area is 147 Å². The molecular weight excluding hydrogens is 421 g/mol. The van der Waals surface area contributed by atoms with Crippen molar-refractivity contribution in [3.05, 3.63) is 0 Å². The predicted octanol–water partition coefficient (Wildman–Crippen LogP) is 3.48. The number of alkyl halides is 6. The third kappa shape index (κ3) is 8.14. The van der Waals surface area contributed by atoms with Crippen LogP contribution in [0.25, 0.3) is 0 Å². The van der Waals surface area contributed by atoms with Gasteiger partial charge in [0.15, 0.2) is 0 Å². The SMILES string of the molecule is CCOC(=O)CC(SP(=O)(OC)OC)C(=O)OC(C(F)(F)F)C(F)(F)F. The zero-order valence-corrected chi connectivity index (χ0v) is 15.3. The van der Waals surface area contributed by atoms with E-state index in [0.29, 0.717) is 0 Å². The molecule has 0 bridgehead atoms. The van der Waals surface area contributed by atoms with E-state index in [9.17, 15) is 40.5 Å². The zero-order valence-electron chi connectivity index (χ0n) is 13.5. The van der Waals surface area contributed by atoms with Crippen LogP contribution in [0.5, 0.6) is 0 Å². The highest BCUT2D eigenvalue weighted by Crippen LogP contribution is 2.61. The van der Waals surface area contributed by atoms with E-state index >= 15 is 0 Å². The summed E-state index contributed by atoms with van der Waals surface area (Å²) in [4.78, 5) is 23.3. The van der Waals surface area contributed by atoms with Crippen molar-refractivity contribution < 1.29 is 59.0 Å². The highest BCUT2D eigenvalue weighted by Gasteiger charge is 2.60. The van der Waals surface area contributed by atoms with Crippen LogP contribution >= 0.6 is 18.2 Å². The average Bonchev–Trinajstić information content (AvgIpc) is 2.49. The van der Waals surface area contributed by atoms with E-state index in [2.05, 4.69) is 18.5 Å². The van der Waals surface area contributed by atoms with Crippen molar-refractivity contribution >= 4 is 30.1 Å². The first-order valence-electron chi connectivity index (χ1n) is 6.59. The van der Waals surface area contributed by atoms with Gasteiger partial charge in [-0.25, -0.2) is 4.57 Å². The first-order chi connectivity index (χ1) is 11.7. The molecule has 1 unspecified atom stereocenters. The summed E-state index contributed by atoms with van der Waals surface area (Å²) in [6.07, 6.45) is -17.3. The molecule has 1 atom stereocenters. The number of hydrogen-bond acceptors (Lipinski definition) is 8. The van der Waals surface area contributed by atoms with Crippen LogP contribution in [0.1, 0.15) is 13.3 Å². The van der Waals surface area contributed by atoms with Crippen LogP contribution < -0.4 is 0 Å². The van der Waals surface area contributed by atoms with E-state index in [-0.39, 0.29) is 18.0 Å². The molecule has 0 spiro atoms. The van der Waals surface area contributed by atoms with Crippen molar-refractivity contribution in [3.8, 4) is 0 Å². The van der Waals surface area contributed by atoms with E-state index < -0.39 is 48.9 Å². The fourth-order valence-electron chi connectivity index (χ4n) is 1.36. The highest BCUT2D eigenvalue weighted by atomic mass is 32.7. The Hall–Kier alpha value is -0.980. The summed E-state index contributed by atoms with van der Waals surface area (Å²) in [5.41, 5.74) is 0. The summed E-state index contributed by atoms with van der Waals surface area (Å²) in [7, 11) is 1.72. The molecule has 0 aliphatic carbocycles. The molecule has 0 aliphatic rings. The van der Waals surface area contributed by atoms with E-state index in [1.54, 1.807) is 0 Å². The van der Waals surface area contributed by atoms with Gasteiger partial charge >= 0.3 is 31.1 Å². The molecule has 0 aromatic rings. The highest BCUT2D eigenvalue weighted by molar-refractivity contribution is 8.55. The van der Waals surface area contributed by atoms with Crippen LogP contribution in [0, 0.1) is 0 Å². The molecule has 0 fully saturated rings. The maximum absolute atomic E-state index is 12.5. The molecule has 0 heterocycles. The molecule has 7 nitrogen and oxygen atoms in total. The molecular formula is C11H15F6O7PS.